The minimum atomic E-state index is -4.38. The number of ether oxygens (including phenoxy) is 1. The molecular formula is C23H17Cl6NO5S. The molecule has 1 unspecified atom stereocenters. The van der Waals surface area contributed by atoms with Crippen LogP contribution in [-0.2, 0) is 31.0 Å². The van der Waals surface area contributed by atoms with Crippen molar-refractivity contribution in [2.45, 2.75) is 32.5 Å². The number of allylic oxidation sites excluding steroid dienone is 2. The lowest BCUT2D eigenvalue weighted by molar-refractivity contribution is -0.154. The lowest BCUT2D eigenvalue weighted by Gasteiger charge is -2.34. The van der Waals surface area contributed by atoms with Gasteiger partial charge in [0.2, 0.25) is 5.91 Å². The molecule has 0 radical (unpaired) electrons. The van der Waals surface area contributed by atoms with Gasteiger partial charge >= 0.3 is 5.97 Å². The van der Waals surface area contributed by atoms with E-state index >= 15 is 0 Å². The standard InChI is InChI=1S/C23H17Cl6NO5S/c1-12-7-9-14(10-8-12)36(33,34)30-19(31)15-16(20(32)35-11-13-5-3-2-4-6-13)22(27)18(25)17(24)21(15,26)23(22,28)29/h2-10,15-16H,11H2,1H3,(H,30,31)/t15?,16-,21-,22-/m1/s1. The van der Waals surface area contributed by atoms with Gasteiger partial charge in [0.15, 0.2) is 4.33 Å². The van der Waals surface area contributed by atoms with Crippen molar-refractivity contribution in [3.63, 3.8) is 0 Å². The number of nitrogens with one attached hydrogen (secondary N) is 1. The fraction of sp³-hybridized carbons (Fsp3) is 0.304. The predicted molar refractivity (Wildman–Crippen MR) is 140 cm³/mol. The molecule has 1 saturated carbocycles. The highest BCUT2D eigenvalue weighted by atomic mass is 35.5. The zero-order chi connectivity index (χ0) is 26.7. The molecule has 1 amide bonds. The first kappa shape index (κ1) is 27.8. The van der Waals surface area contributed by atoms with Crippen LogP contribution in [0.5, 0.6) is 0 Å². The molecule has 0 aliphatic heterocycles. The first-order valence-corrected chi connectivity index (χ1v) is 14.1. The number of hydrogen-bond acceptors (Lipinski definition) is 5. The quantitative estimate of drug-likeness (QED) is 0.330. The Labute approximate surface area is 237 Å². The van der Waals surface area contributed by atoms with Crippen molar-refractivity contribution in [2.75, 3.05) is 0 Å². The molecule has 0 aromatic heterocycles. The van der Waals surface area contributed by atoms with Crippen LogP contribution in [0.4, 0.5) is 0 Å². The van der Waals surface area contributed by atoms with E-state index in [1.165, 1.54) is 12.1 Å². The van der Waals surface area contributed by atoms with Crippen molar-refractivity contribution in [1.29, 1.82) is 0 Å². The SMILES string of the molecule is Cc1ccc(S(=O)(=O)NC(=O)C2[C@H](C(=O)OCc3ccccc3)[C@@]3(Cl)C(Cl)=C(Cl)[C@@]2(Cl)C3(Cl)Cl)cc1. The van der Waals surface area contributed by atoms with Crippen LogP contribution >= 0.6 is 69.6 Å². The van der Waals surface area contributed by atoms with Crippen LogP contribution < -0.4 is 4.72 Å². The number of alkyl halides is 4. The van der Waals surface area contributed by atoms with Gasteiger partial charge in [0.1, 0.15) is 16.4 Å². The number of hydrogen-bond donors (Lipinski definition) is 1. The number of carbonyl (C=O) groups excluding carboxylic acids is 2. The van der Waals surface area contributed by atoms with Crippen LogP contribution in [0.3, 0.4) is 0 Å². The number of esters is 1. The van der Waals surface area contributed by atoms with E-state index in [-0.39, 0.29) is 21.6 Å². The molecule has 2 aliphatic rings. The van der Waals surface area contributed by atoms with Crippen LogP contribution in [0.15, 0.2) is 69.6 Å². The van der Waals surface area contributed by atoms with Gasteiger partial charge in [-0.05, 0) is 24.6 Å². The highest BCUT2D eigenvalue weighted by Crippen LogP contribution is 2.76. The largest absolute Gasteiger partial charge is 0.461 e. The fourth-order valence-corrected chi connectivity index (χ4v) is 8.34. The molecule has 36 heavy (non-hydrogen) atoms. The number of halogens is 6. The van der Waals surface area contributed by atoms with E-state index in [9.17, 15) is 18.0 Å². The first-order valence-electron chi connectivity index (χ1n) is 10.4. The number of rotatable bonds is 6. The van der Waals surface area contributed by atoms with Gasteiger partial charge in [-0.3, -0.25) is 9.59 Å². The number of amides is 1. The Morgan fingerprint density at radius 3 is 1.97 bits per heavy atom. The molecule has 2 aliphatic carbocycles. The van der Waals surface area contributed by atoms with Gasteiger partial charge in [-0.1, -0.05) is 94.4 Å². The number of benzene rings is 2. The Balaban J connectivity index is 1.73. The van der Waals surface area contributed by atoms with E-state index < -0.39 is 47.8 Å². The van der Waals surface area contributed by atoms with Gasteiger partial charge in [0.25, 0.3) is 10.0 Å². The van der Waals surface area contributed by atoms with Crippen molar-refractivity contribution >= 4 is 91.5 Å². The first-order chi connectivity index (χ1) is 16.7. The van der Waals surface area contributed by atoms with Crippen LogP contribution in [0.2, 0.25) is 0 Å². The molecule has 13 heteroatoms. The number of aryl methyl sites for hydroxylation is 1. The van der Waals surface area contributed by atoms with Crippen LogP contribution in [0.25, 0.3) is 0 Å². The summed E-state index contributed by atoms with van der Waals surface area (Å²) in [5.41, 5.74) is 1.45. The zero-order valence-electron chi connectivity index (χ0n) is 18.3. The Morgan fingerprint density at radius 1 is 0.889 bits per heavy atom. The average molecular weight is 632 g/mol. The minimum absolute atomic E-state index is 0.179. The third-order valence-electron chi connectivity index (χ3n) is 6.26. The Hall–Kier alpha value is -1.19. The average Bonchev–Trinajstić information content (AvgIpc) is 3.03. The lowest BCUT2D eigenvalue weighted by Crippen LogP contribution is -2.51. The normalized spacial score (nSPS) is 28.8. The number of carbonyl (C=O) groups is 2. The molecule has 1 fully saturated rings. The summed E-state index contributed by atoms with van der Waals surface area (Å²) in [4.78, 5) is 22.2. The van der Waals surface area contributed by atoms with E-state index in [0.717, 1.165) is 5.56 Å². The smallest absolute Gasteiger partial charge is 0.312 e. The number of sulfonamides is 1. The molecule has 192 valence electrons. The summed E-state index contributed by atoms with van der Waals surface area (Å²) in [7, 11) is -4.38. The summed E-state index contributed by atoms with van der Waals surface area (Å²) in [5.74, 6) is -5.66. The van der Waals surface area contributed by atoms with Crippen molar-refractivity contribution in [3.8, 4) is 0 Å². The minimum Gasteiger partial charge on any atom is -0.461 e. The van der Waals surface area contributed by atoms with E-state index in [0.29, 0.717) is 5.56 Å². The van der Waals surface area contributed by atoms with Crippen molar-refractivity contribution < 1.29 is 22.7 Å². The monoisotopic (exact) mass is 629 g/mol. The van der Waals surface area contributed by atoms with Crippen LogP contribution in [-0.4, -0.2) is 34.4 Å². The molecule has 1 N–H and O–H groups in total. The summed E-state index contributed by atoms with van der Waals surface area (Å²) < 4.78 is 30.9. The van der Waals surface area contributed by atoms with Crippen molar-refractivity contribution in [1.82, 2.24) is 4.72 Å². The molecular weight excluding hydrogens is 615 g/mol. The maximum absolute atomic E-state index is 13.5. The highest BCUT2D eigenvalue weighted by Gasteiger charge is 2.85. The molecule has 0 heterocycles. The Morgan fingerprint density at radius 2 is 1.42 bits per heavy atom. The van der Waals surface area contributed by atoms with E-state index in [1.807, 2.05) is 4.72 Å². The van der Waals surface area contributed by atoms with Gasteiger partial charge < -0.3 is 4.74 Å². The van der Waals surface area contributed by atoms with Crippen LogP contribution in [0.1, 0.15) is 11.1 Å². The molecule has 2 bridgehead atoms. The Kier molecular flexibility index (Phi) is 7.37. The predicted octanol–water partition coefficient (Wildman–Crippen LogP) is 5.62. The third kappa shape index (κ3) is 4.03. The van der Waals surface area contributed by atoms with Crippen LogP contribution in [0, 0.1) is 18.8 Å². The molecule has 4 atom stereocenters. The summed E-state index contributed by atoms with van der Waals surface area (Å²) in [6.07, 6.45) is 0. The van der Waals surface area contributed by atoms with E-state index in [2.05, 4.69) is 0 Å². The van der Waals surface area contributed by atoms with Gasteiger partial charge in [-0.25, -0.2) is 13.1 Å². The second kappa shape index (κ2) is 9.53. The molecule has 4 rings (SSSR count). The topological polar surface area (TPSA) is 89.5 Å². The summed E-state index contributed by atoms with van der Waals surface area (Å²) in [5, 5.41) is -0.705. The highest BCUT2D eigenvalue weighted by molar-refractivity contribution is 7.90. The molecule has 2 aromatic carbocycles. The van der Waals surface area contributed by atoms with Crippen molar-refractivity contribution in [3.05, 3.63) is 75.8 Å². The maximum atomic E-state index is 13.5. The van der Waals surface area contributed by atoms with E-state index in [1.54, 1.807) is 49.4 Å². The van der Waals surface area contributed by atoms with Gasteiger partial charge in [0.05, 0.1) is 26.8 Å². The molecule has 6 nitrogen and oxygen atoms in total. The third-order valence-corrected chi connectivity index (χ3v) is 11.9. The number of fused-ring (bicyclic) bond motifs is 2. The molecule has 0 saturated heterocycles. The van der Waals surface area contributed by atoms with Gasteiger partial charge in [-0.2, -0.15) is 0 Å². The van der Waals surface area contributed by atoms with E-state index in [4.69, 9.17) is 74.3 Å². The summed E-state index contributed by atoms with van der Waals surface area (Å²) in [6, 6.07) is 14.4. The Bertz CT molecular complexity index is 1370. The zero-order valence-corrected chi connectivity index (χ0v) is 23.6. The molecule has 0 spiro atoms. The maximum Gasteiger partial charge on any atom is 0.312 e. The fourth-order valence-electron chi connectivity index (χ4n) is 4.40. The summed E-state index contributed by atoms with van der Waals surface area (Å²) in [6.45, 7) is 1.59. The van der Waals surface area contributed by atoms with Crippen molar-refractivity contribution in [2.24, 2.45) is 11.8 Å². The molecule has 2 aromatic rings. The van der Waals surface area contributed by atoms with Gasteiger partial charge in [0, 0.05) is 0 Å². The summed E-state index contributed by atoms with van der Waals surface area (Å²) >= 11 is 39.3. The lowest BCUT2D eigenvalue weighted by atomic mass is 9.81. The second-order valence-corrected chi connectivity index (χ2v) is 13.4. The van der Waals surface area contributed by atoms with Gasteiger partial charge in [-0.15, -0.1) is 23.2 Å². The second-order valence-electron chi connectivity index (χ2n) is 8.46.